The summed E-state index contributed by atoms with van der Waals surface area (Å²) >= 11 is 0. The highest BCUT2D eigenvalue weighted by molar-refractivity contribution is 5.81. The van der Waals surface area contributed by atoms with Crippen LogP contribution in [0.25, 0.3) is 0 Å². The van der Waals surface area contributed by atoms with Crippen molar-refractivity contribution in [3.05, 3.63) is 0 Å². The summed E-state index contributed by atoms with van der Waals surface area (Å²) in [7, 11) is 0. The molecule has 82 valence electrons. The Morgan fingerprint density at radius 1 is 1.43 bits per heavy atom. The zero-order valence-corrected chi connectivity index (χ0v) is 9.47. The second kappa shape index (κ2) is 5.35. The van der Waals surface area contributed by atoms with Crippen LogP contribution >= 0.6 is 0 Å². The second-order valence-corrected chi connectivity index (χ2v) is 4.43. The van der Waals surface area contributed by atoms with Crippen molar-refractivity contribution in [1.29, 1.82) is 0 Å². The molecule has 2 unspecified atom stereocenters. The van der Waals surface area contributed by atoms with Crippen LogP contribution in [-0.4, -0.2) is 24.5 Å². The molecule has 0 bridgehead atoms. The zero-order valence-electron chi connectivity index (χ0n) is 9.47. The fraction of sp³-hybridized carbons (Fsp3) is 0.909. The molecule has 1 amide bonds. The zero-order chi connectivity index (χ0) is 10.6. The molecular weight excluding hydrogens is 176 g/mol. The molecule has 0 aromatic carbocycles. The van der Waals surface area contributed by atoms with E-state index in [4.69, 9.17) is 0 Å². The fourth-order valence-electron chi connectivity index (χ4n) is 1.17. The molecule has 3 heteroatoms. The summed E-state index contributed by atoms with van der Waals surface area (Å²) in [6.07, 6.45) is 3.47. The Kier molecular flexibility index (Phi) is 4.39. The lowest BCUT2D eigenvalue weighted by Crippen LogP contribution is -2.44. The van der Waals surface area contributed by atoms with Crippen molar-refractivity contribution in [3.63, 3.8) is 0 Å². The molecule has 0 heterocycles. The molecule has 1 saturated carbocycles. The summed E-state index contributed by atoms with van der Waals surface area (Å²) < 4.78 is 0. The van der Waals surface area contributed by atoms with Gasteiger partial charge < -0.3 is 10.6 Å². The molecule has 0 spiro atoms. The van der Waals surface area contributed by atoms with Gasteiger partial charge in [0.25, 0.3) is 0 Å². The van der Waals surface area contributed by atoms with Crippen molar-refractivity contribution in [2.24, 2.45) is 5.92 Å². The Balaban J connectivity index is 2.12. The average Bonchev–Trinajstić information content (AvgIpc) is 2.97. The van der Waals surface area contributed by atoms with Gasteiger partial charge in [-0.2, -0.15) is 0 Å². The van der Waals surface area contributed by atoms with Crippen LogP contribution in [0.5, 0.6) is 0 Å². The molecule has 1 rings (SSSR count). The van der Waals surface area contributed by atoms with E-state index in [1.54, 1.807) is 0 Å². The minimum Gasteiger partial charge on any atom is -0.352 e. The lowest BCUT2D eigenvalue weighted by atomic mass is 10.1. The minimum atomic E-state index is -0.0513. The SMILES string of the molecule is CCC(C)CNC(C)C(=O)NC1CC1. The standard InChI is InChI=1S/C11H22N2O/c1-4-8(2)7-12-9(3)11(14)13-10-5-6-10/h8-10,12H,4-7H2,1-3H3,(H,13,14). The summed E-state index contributed by atoms with van der Waals surface area (Å²) in [5.74, 6) is 0.793. The highest BCUT2D eigenvalue weighted by atomic mass is 16.2. The lowest BCUT2D eigenvalue weighted by Gasteiger charge is -2.16. The molecule has 1 fully saturated rings. The molecule has 0 saturated heterocycles. The van der Waals surface area contributed by atoms with E-state index in [2.05, 4.69) is 24.5 Å². The first-order chi connectivity index (χ1) is 6.63. The summed E-state index contributed by atoms with van der Waals surface area (Å²) in [5.41, 5.74) is 0. The van der Waals surface area contributed by atoms with E-state index in [9.17, 15) is 4.79 Å². The molecule has 14 heavy (non-hydrogen) atoms. The molecule has 0 aromatic heterocycles. The van der Waals surface area contributed by atoms with Crippen LogP contribution in [-0.2, 0) is 4.79 Å². The van der Waals surface area contributed by atoms with Crippen LogP contribution in [0.2, 0.25) is 0 Å². The van der Waals surface area contributed by atoms with Gasteiger partial charge in [-0.1, -0.05) is 20.3 Å². The van der Waals surface area contributed by atoms with Crippen LogP contribution in [0, 0.1) is 5.92 Å². The number of hydrogen-bond donors (Lipinski definition) is 2. The number of carbonyl (C=O) groups excluding carboxylic acids is 1. The second-order valence-electron chi connectivity index (χ2n) is 4.43. The van der Waals surface area contributed by atoms with E-state index in [0.717, 1.165) is 25.8 Å². The maximum atomic E-state index is 11.5. The van der Waals surface area contributed by atoms with E-state index in [0.29, 0.717) is 12.0 Å². The van der Waals surface area contributed by atoms with Crippen molar-refractivity contribution in [2.75, 3.05) is 6.54 Å². The van der Waals surface area contributed by atoms with Crippen LogP contribution in [0.4, 0.5) is 0 Å². The Bertz CT molecular complexity index is 190. The van der Waals surface area contributed by atoms with E-state index in [1.165, 1.54) is 0 Å². The predicted octanol–water partition coefficient (Wildman–Crippen LogP) is 1.29. The number of carbonyl (C=O) groups is 1. The quantitative estimate of drug-likeness (QED) is 0.675. The third-order valence-electron chi connectivity index (χ3n) is 2.79. The molecule has 0 radical (unpaired) electrons. The maximum Gasteiger partial charge on any atom is 0.237 e. The van der Waals surface area contributed by atoms with Crippen molar-refractivity contribution in [3.8, 4) is 0 Å². The summed E-state index contributed by atoms with van der Waals surface area (Å²) in [6, 6.07) is 0.417. The Hall–Kier alpha value is -0.570. The van der Waals surface area contributed by atoms with E-state index >= 15 is 0 Å². The lowest BCUT2D eigenvalue weighted by molar-refractivity contribution is -0.122. The minimum absolute atomic E-state index is 0.0513. The van der Waals surface area contributed by atoms with Gasteiger partial charge in [0.2, 0.25) is 5.91 Å². The van der Waals surface area contributed by atoms with Crippen LogP contribution in [0.1, 0.15) is 40.0 Å². The van der Waals surface area contributed by atoms with Crippen molar-refractivity contribution < 1.29 is 4.79 Å². The molecular formula is C11H22N2O. The number of rotatable bonds is 6. The van der Waals surface area contributed by atoms with Gasteiger partial charge in [-0.3, -0.25) is 4.79 Å². The van der Waals surface area contributed by atoms with Crippen LogP contribution in [0.15, 0.2) is 0 Å². The van der Waals surface area contributed by atoms with Gasteiger partial charge in [0, 0.05) is 6.04 Å². The first kappa shape index (κ1) is 11.5. The largest absolute Gasteiger partial charge is 0.352 e. The van der Waals surface area contributed by atoms with Crippen LogP contribution < -0.4 is 10.6 Å². The molecule has 2 atom stereocenters. The topological polar surface area (TPSA) is 41.1 Å². The molecule has 1 aliphatic rings. The smallest absolute Gasteiger partial charge is 0.237 e. The van der Waals surface area contributed by atoms with Crippen molar-refractivity contribution >= 4 is 5.91 Å². The normalized spacial score (nSPS) is 20.2. The van der Waals surface area contributed by atoms with E-state index < -0.39 is 0 Å². The van der Waals surface area contributed by atoms with Gasteiger partial charge in [-0.15, -0.1) is 0 Å². The first-order valence-electron chi connectivity index (χ1n) is 5.67. The van der Waals surface area contributed by atoms with Gasteiger partial charge in [0.1, 0.15) is 0 Å². The van der Waals surface area contributed by atoms with Crippen LogP contribution in [0.3, 0.4) is 0 Å². The number of hydrogen-bond acceptors (Lipinski definition) is 2. The van der Waals surface area contributed by atoms with Gasteiger partial charge >= 0.3 is 0 Å². The van der Waals surface area contributed by atoms with E-state index in [-0.39, 0.29) is 11.9 Å². The summed E-state index contributed by atoms with van der Waals surface area (Å²) in [5, 5.41) is 6.25. The highest BCUT2D eigenvalue weighted by Crippen LogP contribution is 2.18. The first-order valence-corrected chi connectivity index (χ1v) is 5.67. The molecule has 0 aliphatic heterocycles. The third kappa shape index (κ3) is 4.09. The fourth-order valence-corrected chi connectivity index (χ4v) is 1.17. The number of nitrogens with one attached hydrogen (secondary N) is 2. The predicted molar refractivity (Wildman–Crippen MR) is 58.1 cm³/mol. The van der Waals surface area contributed by atoms with Crippen molar-refractivity contribution in [1.82, 2.24) is 10.6 Å². The third-order valence-corrected chi connectivity index (χ3v) is 2.79. The van der Waals surface area contributed by atoms with Gasteiger partial charge in [-0.25, -0.2) is 0 Å². The average molecular weight is 198 g/mol. The van der Waals surface area contributed by atoms with Gasteiger partial charge in [-0.05, 0) is 32.2 Å². The monoisotopic (exact) mass is 198 g/mol. The van der Waals surface area contributed by atoms with Gasteiger partial charge in [0.15, 0.2) is 0 Å². The molecule has 0 aromatic rings. The van der Waals surface area contributed by atoms with Crippen molar-refractivity contribution in [2.45, 2.75) is 52.1 Å². The number of amides is 1. The maximum absolute atomic E-state index is 11.5. The molecule has 2 N–H and O–H groups in total. The Morgan fingerprint density at radius 3 is 2.57 bits per heavy atom. The molecule has 3 nitrogen and oxygen atoms in total. The Morgan fingerprint density at radius 2 is 2.07 bits per heavy atom. The summed E-state index contributed by atoms with van der Waals surface area (Å²) in [4.78, 5) is 11.5. The van der Waals surface area contributed by atoms with Gasteiger partial charge in [0.05, 0.1) is 6.04 Å². The highest BCUT2D eigenvalue weighted by Gasteiger charge is 2.25. The van der Waals surface area contributed by atoms with E-state index in [1.807, 2.05) is 6.92 Å². The molecule has 1 aliphatic carbocycles. The summed E-state index contributed by atoms with van der Waals surface area (Å²) in [6.45, 7) is 7.22. The Labute approximate surface area is 86.6 Å².